The molecule has 4 nitrogen and oxygen atoms in total. The van der Waals surface area contributed by atoms with E-state index in [1.54, 1.807) is 0 Å². The molecule has 1 unspecified atom stereocenters. The quantitative estimate of drug-likeness (QED) is 0.670. The number of nitrogens with zero attached hydrogens (tertiary/aromatic N) is 1. The van der Waals surface area contributed by atoms with Gasteiger partial charge in [-0.1, -0.05) is 0 Å². The number of aldehydes is 1. The van der Waals surface area contributed by atoms with E-state index in [1.165, 1.54) is 30.9 Å². The fourth-order valence-corrected chi connectivity index (χ4v) is 1.83. The maximum atomic E-state index is 12.5. The van der Waals surface area contributed by atoms with E-state index in [9.17, 15) is 22.8 Å². The third-order valence-corrected chi connectivity index (χ3v) is 2.91. The van der Waals surface area contributed by atoms with E-state index in [4.69, 9.17) is 5.11 Å². The van der Waals surface area contributed by atoms with Crippen molar-refractivity contribution in [2.45, 2.75) is 26.1 Å². The number of carboxylic acids is 1. The maximum absolute atomic E-state index is 12.5. The molecule has 0 aliphatic rings. The standard InChI is InChI=1S/C14H14F3NO3/c1-9(7-8-19)18(10(2)13(20)21)12-5-3-11(4-6-12)14(15,16)17/h3-8,10H,1-2H3,(H,20,21)/b9-7-. The second-order valence-electron chi connectivity index (χ2n) is 4.37. The lowest BCUT2D eigenvalue weighted by Gasteiger charge is -2.29. The van der Waals surface area contributed by atoms with Gasteiger partial charge in [0.15, 0.2) is 0 Å². The van der Waals surface area contributed by atoms with Crippen molar-refractivity contribution in [2.24, 2.45) is 0 Å². The summed E-state index contributed by atoms with van der Waals surface area (Å²) >= 11 is 0. The average Bonchev–Trinajstić information content (AvgIpc) is 2.38. The van der Waals surface area contributed by atoms with Crippen molar-refractivity contribution < 1.29 is 27.9 Å². The molecule has 1 atom stereocenters. The van der Waals surface area contributed by atoms with E-state index >= 15 is 0 Å². The van der Waals surface area contributed by atoms with Gasteiger partial charge >= 0.3 is 12.1 Å². The number of alkyl halides is 3. The van der Waals surface area contributed by atoms with E-state index < -0.39 is 23.8 Å². The summed E-state index contributed by atoms with van der Waals surface area (Å²) in [6.45, 7) is 2.88. The van der Waals surface area contributed by atoms with E-state index in [-0.39, 0.29) is 5.69 Å². The number of carbonyl (C=O) groups excluding carboxylic acids is 1. The monoisotopic (exact) mass is 301 g/mol. The van der Waals surface area contributed by atoms with E-state index in [1.807, 2.05) is 0 Å². The number of hydrogen-bond donors (Lipinski definition) is 1. The topological polar surface area (TPSA) is 57.6 Å². The van der Waals surface area contributed by atoms with Gasteiger partial charge in [-0.25, -0.2) is 4.79 Å². The first-order valence-corrected chi connectivity index (χ1v) is 6.00. The highest BCUT2D eigenvalue weighted by molar-refractivity contribution is 5.80. The molecule has 0 saturated carbocycles. The number of aliphatic carboxylic acids is 1. The van der Waals surface area contributed by atoms with Gasteiger partial charge in [-0.15, -0.1) is 0 Å². The summed E-state index contributed by atoms with van der Waals surface area (Å²) in [5.41, 5.74) is -0.251. The highest BCUT2D eigenvalue weighted by Gasteiger charge is 2.30. The highest BCUT2D eigenvalue weighted by Crippen LogP contribution is 2.31. The molecule has 1 aromatic carbocycles. The Morgan fingerprint density at radius 1 is 1.29 bits per heavy atom. The van der Waals surface area contributed by atoms with Gasteiger partial charge in [-0.2, -0.15) is 13.2 Å². The van der Waals surface area contributed by atoms with E-state index in [2.05, 4.69) is 0 Å². The van der Waals surface area contributed by atoms with Crippen molar-refractivity contribution in [1.82, 2.24) is 0 Å². The van der Waals surface area contributed by atoms with Crippen LogP contribution in [0.25, 0.3) is 0 Å². The molecule has 0 radical (unpaired) electrons. The zero-order chi connectivity index (χ0) is 16.2. The molecule has 0 aromatic heterocycles. The Morgan fingerprint density at radius 3 is 2.19 bits per heavy atom. The zero-order valence-corrected chi connectivity index (χ0v) is 11.4. The Labute approximate surface area is 119 Å². The van der Waals surface area contributed by atoms with Crippen molar-refractivity contribution in [2.75, 3.05) is 4.90 Å². The average molecular weight is 301 g/mol. The first kappa shape index (κ1) is 16.7. The summed E-state index contributed by atoms with van der Waals surface area (Å²) in [6.07, 6.45) is -2.83. The van der Waals surface area contributed by atoms with Crippen LogP contribution in [0.5, 0.6) is 0 Å². The molecule has 0 amide bonds. The summed E-state index contributed by atoms with van der Waals surface area (Å²) in [7, 11) is 0. The first-order chi connectivity index (χ1) is 9.68. The SMILES string of the molecule is C/C(=C/C=O)N(c1ccc(C(F)(F)F)cc1)C(C)C(=O)O. The molecular formula is C14H14F3NO3. The van der Waals surface area contributed by atoms with Gasteiger partial charge in [-0.05, 0) is 44.2 Å². The lowest BCUT2D eigenvalue weighted by Crippen LogP contribution is -2.37. The summed E-state index contributed by atoms with van der Waals surface area (Å²) in [6, 6.07) is 3.04. The van der Waals surface area contributed by atoms with Crippen LogP contribution in [0.3, 0.4) is 0 Å². The lowest BCUT2D eigenvalue weighted by atomic mass is 10.1. The molecule has 0 saturated heterocycles. The Hall–Kier alpha value is -2.31. The number of halogens is 3. The van der Waals surface area contributed by atoms with Crippen molar-refractivity contribution in [3.8, 4) is 0 Å². The lowest BCUT2D eigenvalue weighted by molar-refractivity contribution is -0.138. The Bertz CT molecular complexity index is 550. The van der Waals surface area contributed by atoms with Crippen molar-refractivity contribution in [1.29, 1.82) is 0 Å². The molecule has 0 aliphatic heterocycles. The van der Waals surface area contributed by atoms with Crippen LogP contribution in [-0.4, -0.2) is 23.4 Å². The maximum Gasteiger partial charge on any atom is 0.416 e. The molecule has 1 N–H and O–H groups in total. The molecule has 0 heterocycles. The summed E-state index contributed by atoms with van der Waals surface area (Å²) in [5, 5.41) is 9.08. The van der Waals surface area contributed by atoms with Crippen LogP contribution in [0.1, 0.15) is 19.4 Å². The Morgan fingerprint density at radius 2 is 1.81 bits per heavy atom. The number of carboxylic acid groups (broad SMARTS) is 1. The van der Waals surface area contributed by atoms with Gasteiger partial charge in [0.2, 0.25) is 0 Å². The van der Waals surface area contributed by atoms with Gasteiger partial charge < -0.3 is 10.0 Å². The molecule has 7 heteroatoms. The molecule has 0 fully saturated rings. The zero-order valence-electron chi connectivity index (χ0n) is 11.4. The predicted molar refractivity (Wildman–Crippen MR) is 70.8 cm³/mol. The minimum Gasteiger partial charge on any atom is -0.480 e. The number of anilines is 1. The molecule has 0 aliphatic carbocycles. The second kappa shape index (κ2) is 6.43. The molecule has 1 rings (SSSR count). The molecule has 21 heavy (non-hydrogen) atoms. The van der Waals surface area contributed by atoms with Crippen molar-refractivity contribution in [3.63, 3.8) is 0 Å². The van der Waals surface area contributed by atoms with Crippen LogP contribution in [0.4, 0.5) is 18.9 Å². The van der Waals surface area contributed by atoms with Gasteiger partial charge in [0.05, 0.1) is 5.56 Å². The predicted octanol–water partition coefficient (Wildman–Crippen LogP) is 3.09. The molecule has 0 bridgehead atoms. The molecular weight excluding hydrogens is 287 g/mol. The van der Waals surface area contributed by atoms with Gasteiger partial charge in [-0.3, -0.25) is 4.79 Å². The number of rotatable bonds is 5. The summed E-state index contributed by atoms with van der Waals surface area (Å²) in [5.74, 6) is -1.16. The van der Waals surface area contributed by atoms with Gasteiger partial charge in [0.25, 0.3) is 0 Å². The number of benzene rings is 1. The van der Waals surface area contributed by atoms with Crippen LogP contribution in [-0.2, 0) is 15.8 Å². The fraction of sp³-hybridized carbons (Fsp3) is 0.286. The minimum absolute atomic E-state index is 0.258. The highest BCUT2D eigenvalue weighted by atomic mass is 19.4. The molecule has 1 aromatic rings. The van der Waals surface area contributed by atoms with Crippen molar-refractivity contribution >= 4 is 17.9 Å². The third-order valence-electron chi connectivity index (χ3n) is 2.91. The Balaban J connectivity index is 3.24. The second-order valence-corrected chi connectivity index (χ2v) is 4.37. The van der Waals surface area contributed by atoms with E-state index in [0.717, 1.165) is 18.2 Å². The van der Waals surface area contributed by atoms with Crippen LogP contribution >= 0.6 is 0 Å². The van der Waals surface area contributed by atoms with Gasteiger partial charge in [0.1, 0.15) is 12.3 Å². The van der Waals surface area contributed by atoms with Crippen LogP contribution in [0.2, 0.25) is 0 Å². The first-order valence-electron chi connectivity index (χ1n) is 6.00. The minimum atomic E-state index is -4.46. The number of allylic oxidation sites excluding steroid dienone is 2. The van der Waals surface area contributed by atoms with Crippen molar-refractivity contribution in [3.05, 3.63) is 41.6 Å². The fourth-order valence-electron chi connectivity index (χ4n) is 1.83. The number of hydrogen-bond acceptors (Lipinski definition) is 3. The molecule has 0 spiro atoms. The van der Waals surface area contributed by atoms with Gasteiger partial charge in [0, 0.05) is 11.4 Å². The van der Waals surface area contributed by atoms with Crippen LogP contribution in [0.15, 0.2) is 36.0 Å². The Kier molecular flexibility index (Phi) is 5.12. The largest absolute Gasteiger partial charge is 0.480 e. The molecule has 114 valence electrons. The van der Waals surface area contributed by atoms with Crippen LogP contribution < -0.4 is 4.90 Å². The smallest absolute Gasteiger partial charge is 0.416 e. The van der Waals surface area contributed by atoms with E-state index in [0.29, 0.717) is 12.0 Å². The van der Waals surface area contributed by atoms with Crippen LogP contribution in [0, 0.1) is 0 Å². The number of carbonyl (C=O) groups is 2. The summed E-state index contributed by atoms with van der Waals surface area (Å²) < 4.78 is 37.6. The third kappa shape index (κ3) is 4.08. The summed E-state index contributed by atoms with van der Waals surface area (Å²) in [4.78, 5) is 22.9. The normalized spacial score (nSPS) is 13.7.